The molecular weight excluding hydrogens is 495 g/mol. The number of rotatable bonds is 6. The molecule has 3 aliphatic rings. The van der Waals surface area contributed by atoms with Gasteiger partial charge in [-0.15, -0.1) is 0 Å². The molecule has 2 heterocycles. The number of anilines is 1. The fraction of sp³-hybridized carbons (Fsp3) is 0.385. The van der Waals surface area contributed by atoms with E-state index in [2.05, 4.69) is 5.16 Å². The minimum absolute atomic E-state index is 0.0147. The Hall–Kier alpha value is -2.66. The highest BCUT2D eigenvalue weighted by molar-refractivity contribution is 6.39. The van der Waals surface area contributed by atoms with Crippen LogP contribution in [0.5, 0.6) is 0 Å². The van der Waals surface area contributed by atoms with Crippen LogP contribution < -0.4 is 4.90 Å². The van der Waals surface area contributed by atoms with Crippen LogP contribution in [0.1, 0.15) is 48.5 Å². The molecule has 0 N–H and O–H groups in total. The van der Waals surface area contributed by atoms with Crippen molar-refractivity contribution in [2.45, 2.75) is 50.4 Å². The van der Waals surface area contributed by atoms with E-state index in [1.165, 1.54) is 12.1 Å². The van der Waals surface area contributed by atoms with Crippen molar-refractivity contribution in [3.63, 3.8) is 0 Å². The summed E-state index contributed by atoms with van der Waals surface area (Å²) in [4.78, 5) is 2.02. The Morgan fingerprint density at radius 3 is 2.46 bits per heavy atom. The van der Waals surface area contributed by atoms with Gasteiger partial charge in [-0.05, 0) is 49.9 Å². The van der Waals surface area contributed by atoms with Gasteiger partial charge in [-0.1, -0.05) is 34.4 Å². The van der Waals surface area contributed by atoms with Crippen molar-refractivity contribution in [3.05, 3.63) is 68.9 Å². The predicted octanol–water partition coefficient (Wildman–Crippen LogP) is 6.86. The van der Waals surface area contributed by atoms with Gasteiger partial charge in [0.1, 0.15) is 34.7 Å². The third-order valence-electron chi connectivity index (χ3n) is 7.36. The number of halogens is 4. The van der Waals surface area contributed by atoms with Gasteiger partial charge in [0.25, 0.3) is 0 Å². The van der Waals surface area contributed by atoms with E-state index >= 15 is 0 Å². The molecule has 2 saturated carbocycles. The highest BCUT2D eigenvalue weighted by Crippen LogP contribution is 2.47. The van der Waals surface area contributed by atoms with Gasteiger partial charge in [0, 0.05) is 41.2 Å². The van der Waals surface area contributed by atoms with Crippen molar-refractivity contribution in [3.8, 4) is 17.3 Å². The Bertz CT molecular complexity index is 1310. The van der Waals surface area contributed by atoms with E-state index in [1.807, 2.05) is 4.90 Å². The number of benzene rings is 2. The molecule has 9 heteroatoms. The Kier molecular flexibility index (Phi) is 5.71. The molecule has 3 unspecified atom stereocenters. The van der Waals surface area contributed by atoms with E-state index in [4.69, 9.17) is 37.7 Å². The number of ether oxygens (including phenoxy) is 1. The van der Waals surface area contributed by atoms with E-state index in [-0.39, 0.29) is 18.1 Å². The van der Waals surface area contributed by atoms with Gasteiger partial charge in [0.15, 0.2) is 0 Å². The maximum Gasteiger partial charge on any atom is 0.146 e. The normalized spacial score (nSPS) is 23.2. The van der Waals surface area contributed by atoms with Gasteiger partial charge in [-0.2, -0.15) is 5.26 Å². The first-order chi connectivity index (χ1) is 16.9. The minimum atomic E-state index is -0.830. The van der Waals surface area contributed by atoms with E-state index in [0.29, 0.717) is 46.1 Å². The summed E-state index contributed by atoms with van der Waals surface area (Å²) in [6, 6.07) is 9.54. The van der Waals surface area contributed by atoms with Crippen molar-refractivity contribution >= 4 is 28.9 Å². The zero-order valence-electron chi connectivity index (χ0n) is 18.6. The Labute approximate surface area is 211 Å². The Balaban J connectivity index is 1.20. The zero-order valence-corrected chi connectivity index (χ0v) is 20.1. The van der Waals surface area contributed by atoms with Gasteiger partial charge in [0.05, 0.1) is 22.8 Å². The predicted molar refractivity (Wildman–Crippen MR) is 127 cm³/mol. The minimum Gasteiger partial charge on any atom is -0.373 e. The second-order valence-corrected chi connectivity index (χ2v) is 10.3. The summed E-state index contributed by atoms with van der Waals surface area (Å²) in [7, 11) is 0. The first-order valence-corrected chi connectivity index (χ1v) is 12.4. The summed E-state index contributed by atoms with van der Waals surface area (Å²) in [6.07, 6.45) is 3.76. The molecule has 2 aromatic carbocycles. The molecule has 0 radical (unpaired) electrons. The van der Waals surface area contributed by atoms with Crippen molar-refractivity contribution in [1.82, 2.24) is 5.16 Å². The van der Waals surface area contributed by atoms with Crippen LogP contribution in [0.2, 0.25) is 10.0 Å². The number of hydrogen-bond donors (Lipinski definition) is 0. The molecule has 6 rings (SSSR count). The topological polar surface area (TPSA) is 62.3 Å². The molecule has 5 nitrogen and oxygen atoms in total. The molecule has 3 aromatic rings. The van der Waals surface area contributed by atoms with Gasteiger partial charge >= 0.3 is 0 Å². The largest absolute Gasteiger partial charge is 0.373 e. The fourth-order valence-electron chi connectivity index (χ4n) is 5.50. The summed E-state index contributed by atoms with van der Waals surface area (Å²) < 4.78 is 40.4. The molecule has 3 fully saturated rings. The van der Waals surface area contributed by atoms with Gasteiger partial charge in [-0.25, -0.2) is 8.78 Å². The third kappa shape index (κ3) is 3.98. The van der Waals surface area contributed by atoms with Crippen molar-refractivity contribution in [2.24, 2.45) is 5.92 Å². The lowest BCUT2D eigenvalue weighted by Gasteiger charge is -2.33. The number of nitriles is 1. The molecule has 35 heavy (non-hydrogen) atoms. The van der Waals surface area contributed by atoms with E-state index < -0.39 is 17.2 Å². The first kappa shape index (κ1) is 22.8. The van der Waals surface area contributed by atoms with Crippen molar-refractivity contribution in [1.29, 1.82) is 5.26 Å². The lowest BCUT2D eigenvalue weighted by Crippen LogP contribution is -2.38. The van der Waals surface area contributed by atoms with Crippen LogP contribution in [0.25, 0.3) is 11.3 Å². The van der Waals surface area contributed by atoms with E-state index in [0.717, 1.165) is 37.0 Å². The lowest BCUT2D eigenvalue weighted by atomic mass is 10.0. The zero-order chi connectivity index (χ0) is 24.3. The van der Waals surface area contributed by atoms with Crippen molar-refractivity contribution < 1.29 is 18.0 Å². The molecule has 3 atom stereocenters. The molecule has 1 saturated heterocycles. The number of piperidine rings is 1. The van der Waals surface area contributed by atoms with Crippen LogP contribution in [-0.2, 0) is 11.3 Å². The van der Waals surface area contributed by atoms with Gasteiger partial charge < -0.3 is 14.2 Å². The second-order valence-electron chi connectivity index (χ2n) is 9.53. The third-order valence-corrected chi connectivity index (χ3v) is 7.99. The maximum atomic E-state index is 14.2. The average molecular weight is 516 g/mol. The van der Waals surface area contributed by atoms with Crippen LogP contribution in [0, 0.1) is 28.9 Å². The second kappa shape index (κ2) is 8.77. The van der Waals surface area contributed by atoms with Crippen LogP contribution in [0.3, 0.4) is 0 Å². The maximum absolute atomic E-state index is 14.2. The average Bonchev–Trinajstić information content (AvgIpc) is 3.28. The van der Waals surface area contributed by atoms with Crippen LogP contribution in [0.15, 0.2) is 34.9 Å². The molecule has 2 aliphatic carbocycles. The Morgan fingerprint density at radius 2 is 1.86 bits per heavy atom. The molecule has 0 spiro atoms. The molecule has 1 aromatic heterocycles. The van der Waals surface area contributed by atoms with Gasteiger partial charge in [0.2, 0.25) is 0 Å². The first-order valence-electron chi connectivity index (χ1n) is 11.6. The van der Waals surface area contributed by atoms with Crippen molar-refractivity contribution in [2.75, 3.05) is 11.4 Å². The quantitative estimate of drug-likeness (QED) is 0.358. The smallest absolute Gasteiger partial charge is 0.146 e. The summed E-state index contributed by atoms with van der Waals surface area (Å²) in [5.41, 5.74) is 2.08. The van der Waals surface area contributed by atoms with Gasteiger partial charge in [-0.3, -0.25) is 0 Å². The highest BCUT2D eigenvalue weighted by Gasteiger charge is 2.46. The summed E-state index contributed by atoms with van der Waals surface area (Å²) >= 11 is 12.9. The lowest BCUT2D eigenvalue weighted by molar-refractivity contribution is 0.0122. The number of aromatic nitrogens is 1. The molecule has 0 amide bonds. The summed E-state index contributed by atoms with van der Waals surface area (Å²) in [5, 5.41) is 14.3. The highest BCUT2D eigenvalue weighted by atomic mass is 35.5. The number of hydrogen-bond acceptors (Lipinski definition) is 5. The summed E-state index contributed by atoms with van der Waals surface area (Å²) in [5.74, 6) is -0.247. The number of fused-ring (bicyclic) bond motifs is 2. The standard InChI is InChI=1S/C26H21Cl2F2N3O2/c27-19-2-1-3-20(28)24(19)25-18(26(35-32-25)13-4-5-13)12-34-23-9-15-6-14(23)11-33(15)16-7-21(29)17(10-31)22(30)8-16/h1-3,7-8,13-15,23H,4-6,9,11-12H2. The molecular formula is C26H21Cl2F2N3O2. The molecule has 2 bridgehead atoms. The Morgan fingerprint density at radius 1 is 1.14 bits per heavy atom. The summed E-state index contributed by atoms with van der Waals surface area (Å²) in [6.45, 7) is 0.975. The molecule has 180 valence electrons. The van der Waals surface area contributed by atoms with Crippen LogP contribution in [0.4, 0.5) is 14.5 Å². The SMILES string of the molecule is N#Cc1c(F)cc(N2CC3CC2CC3OCc2c(-c3c(Cl)cccc3Cl)noc2C2CC2)cc1F. The fourth-order valence-corrected chi connectivity index (χ4v) is 6.07. The van der Waals surface area contributed by atoms with E-state index in [9.17, 15) is 8.78 Å². The number of nitrogens with zero attached hydrogens (tertiary/aromatic N) is 3. The van der Waals surface area contributed by atoms with Crippen LogP contribution >= 0.6 is 23.2 Å². The van der Waals surface area contributed by atoms with E-state index in [1.54, 1.807) is 24.3 Å². The van der Waals surface area contributed by atoms with Crippen LogP contribution in [-0.4, -0.2) is 23.8 Å². The molecule has 1 aliphatic heterocycles. The monoisotopic (exact) mass is 515 g/mol.